The smallest absolute Gasteiger partial charge is 0.244 e. The normalized spacial score (nSPS) is 12.7. The summed E-state index contributed by atoms with van der Waals surface area (Å²) in [5, 5.41) is 2.78. The van der Waals surface area contributed by atoms with Crippen LogP contribution in [0.25, 0.3) is 6.08 Å². The number of benzene rings is 2. The Morgan fingerprint density at radius 1 is 1.26 bits per heavy atom. The van der Waals surface area contributed by atoms with Gasteiger partial charge in [-0.2, -0.15) is 0 Å². The third kappa shape index (κ3) is 5.40. The van der Waals surface area contributed by atoms with E-state index in [0.717, 1.165) is 15.8 Å². The zero-order valence-electron chi connectivity index (χ0n) is 14.9. The molecule has 2 aromatic carbocycles. The van der Waals surface area contributed by atoms with Crippen LogP contribution in [0.3, 0.4) is 0 Å². The molecule has 0 atom stereocenters. The molecule has 1 aliphatic rings. The van der Waals surface area contributed by atoms with Crippen LogP contribution in [-0.2, 0) is 4.79 Å². The Morgan fingerprint density at radius 3 is 2.93 bits per heavy atom. The first-order valence-corrected chi connectivity index (χ1v) is 9.27. The Hall–Kier alpha value is -2.67. The second kappa shape index (κ2) is 9.32. The van der Waals surface area contributed by atoms with Crippen LogP contribution in [0.15, 0.2) is 46.9 Å². The number of nitrogens with one attached hydrogen (secondary N) is 1. The summed E-state index contributed by atoms with van der Waals surface area (Å²) in [6.45, 7) is 1.76. The highest BCUT2D eigenvalue weighted by atomic mass is 79.9. The van der Waals surface area contributed by atoms with Crippen molar-refractivity contribution in [1.82, 2.24) is 5.32 Å². The van der Waals surface area contributed by atoms with E-state index in [9.17, 15) is 4.79 Å². The summed E-state index contributed by atoms with van der Waals surface area (Å²) in [5.74, 6) is 2.33. The van der Waals surface area contributed by atoms with E-state index in [0.29, 0.717) is 43.6 Å². The van der Waals surface area contributed by atoms with Crippen LogP contribution in [-0.4, -0.2) is 39.4 Å². The first-order valence-electron chi connectivity index (χ1n) is 8.47. The summed E-state index contributed by atoms with van der Waals surface area (Å²) >= 11 is 3.39. The number of ether oxygens (including phenoxy) is 4. The van der Waals surface area contributed by atoms with Gasteiger partial charge in [0.25, 0.3) is 0 Å². The van der Waals surface area contributed by atoms with E-state index in [1.54, 1.807) is 19.3 Å². The van der Waals surface area contributed by atoms with E-state index in [4.69, 9.17) is 18.9 Å². The highest BCUT2D eigenvalue weighted by Gasteiger charge is 2.17. The maximum absolute atomic E-state index is 12.0. The predicted octanol–water partition coefficient (Wildman–Crippen LogP) is 3.44. The van der Waals surface area contributed by atoms with Gasteiger partial charge in [-0.15, -0.1) is 0 Å². The molecule has 2 aromatic rings. The number of amides is 1. The molecule has 1 heterocycles. The van der Waals surface area contributed by atoms with Crippen molar-refractivity contribution >= 4 is 27.9 Å². The first-order chi connectivity index (χ1) is 13.2. The SMILES string of the molecule is COc1cc(C=CC(=O)NCCOc2cccc(Br)c2)cc2c1OCCO2. The Balaban J connectivity index is 1.51. The fraction of sp³-hybridized carbons (Fsp3) is 0.250. The molecule has 0 spiro atoms. The van der Waals surface area contributed by atoms with Gasteiger partial charge in [0.2, 0.25) is 11.7 Å². The second-order valence-corrected chi connectivity index (χ2v) is 6.59. The van der Waals surface area contributed by atoms with Crippen LogP contribution in [0.4, 0.5) is 0 Å². The minimum absolute atomic E-state index is 0.207. The summed E-state index contributed by atoms with van der Waals surface area (Å²) in [5.41, 5.74) is 0.789. The van der Waals surface area contributed by atoms with E-state index in [1.165, 1.54) is 6.08 Å². The zero-order valence-corrected chi connectivity index (χ0v) is 16.5. The number of hydrogen-bond acceptors (Lipinski definition) is 5. The van der Waals surface area contributed by atoms with Gasteiger partial charge in [-0.25, -0.2) is 0 Å². The summed E-state index contributed by atoms with van der Waals surface area (Å²) < 4.78 is 23.0. The topological polar surface area (TPSA) is 66.0 Å². The first kappa shape index (κ1) is 19.1. The van der Waals surface area contributed by atoms with Crippen molar-refractivity contribution < 1.29 is 23.7 Å². The van der Waals surface area contributed by atoms with Crippen LogP contribution in [0, 0.1) is 0 Å². The van der Waals surface area contributed by atoms with Crippen LogP contribution in [0.5, 0.6) is 23.0 Å². The minimum Gasteiger partial charge on any atom is -0.493 e. The van der Waals surface area contributed by atoms with Crippen LogP contribution >= 0.6 is 15.9 Å². The molecule has 0 saturated carbocycles. The van der Waals surface area contributed by atoms with Gasteiger partial charge in [-0.05, 0) is 42.0 Å². The van der Waals surface area contributed by atoms with Gasteiger partial charge in [0.15, 0.2) is 11.5 Å². The molecule has 0 radical (unpaired) electrons. The highest BCUT2D eigenvalue weighted by Crippen LogP contribution is 2.40. The molecule has 1 N–H and O–H groups in total. The van der Waals surface area contributed by atoms with E-state index >= 15 is 0 Å². The molecule has 0 unspecified atom stereocenters. The molecule has 0 aliphatic carbocycles. The third-order valence-electron chi connectivity index (χ3n) is 3.74. The summed E-state index contributed by atoms with van der Waals surface area (Å²) in [6.07, 6.45) is 3.16. The van der Waals surface area contributed by atoms with Gasteiger partial charge in [0.1, 0.15) is 25.6 Å². The van der Waals surface area contributed by atoms with Gasteiger partial charge in [-0.1, -0.05) is 22.0 Å². The average Bonchev–Trinajstić information content (AvgIpc) is 2.69. The van der Waals surface area contributed by atoms with Crippen molar-refractivity contribution in [2.24, 2.45) is 0 Å². The van der Waals surface area contributed by atoms with E-state index in [2.05, 4.69) is 21.2 Å². The lowest BCUT2D eigenvalue weighted by molar-refractivity contribution is -0.116. The Morgan fingerprint density at radius 2 is 2.11 bits per heavy atom. The molecule has 1 aliphatic heterocycles. The summed E-state index contributed by atoms with van der Waals surface area (Å²) in [6, 6.07) is 11.2. The third-order valence-corrected chi connectivity index (χ3v) is 4.24. The predicted molar refractivity (Wildman–Crippen MR) is 106 cm³/mol. The molecule has 0 bridgehead atoms. The van der Waals surface area contributed by atoms with Gasteiger partial charge in [0, 0.05) is 10.5 Å². The molecule has 0 fully saturated rings. The molecule has 6 nitrogen and oxygen atoms in total. The zero-order chi connectivity index (χ0) is 19.1. The standard InChI is InChI=1S/C20H20BrNO5/c1-24-17-11-14(12-18-20(17)27-10-9-26-18)5-6-19(23)22-7-8-25-16-4-2-3-15(21)13-16/h2-6,11-13H,7-10H2,1H3,(H,22,23). The highest BCUT2D eigenvalue weighted by molar-refractivity contribution is 9.10. The van der Waals surface area contributed by atoms with Crippen molar-refractivity contribution in [2.45, 2.75) is 0 Å². The fourth-order valence-corrected chi connectivity index (χ4v) is 2.90. The number of fused-ring (bicyclic) bond motifs is 1. The largest absolute Gasteiger partial charge is 0.493 e. The van der Waals surface area contributed by atoms with E-state index in [-0.39, 0.29) is 5.91 Å². The average molecular weight is 434 g/mol. The molecule has 0 aromatic heterocycles. The number of halogens is 1. The summed E-state index contributed by atoms with van der Waals surface area (Å²) in [4.78, 5) is 12.0. The van der Waals surface area contributed by atoms with Crippen molar-refractivity contribution in [3.8, 4) is 23.0 Å². The molecule has 142 valence electrons. The van der Waals surface area contributed by atoms with Crippen molar-refractivity contribution in [2.75, 3.05) is 33.5 Å². The lowest BCUT2D eigenvalue weighted by Gasteiger charge is -2.20. The molecule has 27 heavy (non-hydrogen) atoms. The molecule has 7 heteroatoms. The number of hydrogen-bond donors (Lipinski definition) is 1. The van der Waals surface area contributed by atoms with Crippen molar-refractivity contribution in [3.63, 3.8) is 0 Å². The second-order valence-electron chi connectivity index (χ2n) is 5.68. The van der Waals surface area contributed by atoms with Gasteiger partial charge < -0.3 is 24.3 Å². The molecule has 0 saturated heterocycles. The number of carbonyl (C=O) groups is 1. The van der Waals surface area contributed by atoms with Gasteiger partial charge in [0.05, 0.1) is 13.7 Å². The maximum atomic E-state index is 12.0. The number of methoxy groups -OCH3 is 1. The molecule has 3 rings (SSSR count). The fourth-order valence-electron chi connectivity index (χ4n) is 2.52. The lowest BCUT2D eigenvalue weighted by Crippen LogP contribution is -2.26. The number of carbonyl (C=O) groups excluding carboxylic acids is 1. The van der Waals surface area contributed by atoms with E-state index in [1.807, 2.05) is 30.3 Å². The minimum atomic E-state index is -0.207. The van der Waals surface area contributed by atoms with Crippen LogP contribution in [0.2, 0.25) is 0 Å². The molecular weight excluding hydrogens is 414 g/mol. The van der Waals surface area contributed by atoms with Crippen LogP contribution in [0.1, 0.15) is 5.56 Å². The van der Waals surface area contributed by atoms with Gasteiger partial charge >= 0.3 is 0 Å². The Kier molecular flexibility index (Phi) is 6.59. The quantitative estimate of drug-likeness (QED) is 0.535. The maximum Gasteiger partial charge on any atom is 0.244 e. The molecule has 1 amide bonds. The van der Waals surface area contributed by atoms with E-state index < -0.39 is 0 Å². The Bertz CT molecular complexity index is 820. The monoisotopic (exact) mass is 433 g/mol. The van der Waals surface area contributed by atoms with Gasteiger partial charge in [-0.3, -0.25) is 4.79 Å². The van der Waals surface area contributed by atoms with Crippen molar-refractivity contribution in [1.29, 1.82) is 0 Å². The summed E-state index contributed by atoms with van der Waals surface area (Å²) in [7, 11) is 1.57. The molecular formula is C20H20BrNO5. The van der Waals surface area contributed by atoms with Crippen LogP contribution < -0.4 is 24.3 Å². The Labute approximate surface area is 166 Å². The number of rotatable bonds is 7. The van der Waals surface area contributed by atoms with Crippen molar-refractivity contribution in [3.05, 3.63) is 52.5 Å². The lowest BCUT2D eigenvalue weighted by atomic mass is 10.1.